The number of carbonyl (C=O) groups excluding carboxylic acids is 1. The van der Waals surface area contributed by atoms with Gasteiger partial charge in [-0.05, 0) is 38.3 Å². The summed E-state index contributed by atoms with van der Waals surface area (Å²) >= 11 is 1.08. The first kappa shape index (κ1) is 20.0. The van der Waals surface area contributed by atoms with Crippen LogP contribution in [0, 0.1) is 5.41 Å². The van der Waals surface area contributed by atoms with Gasteiger partial charge in [0.25, 0.3) is 0 Å². The first-order valence-corrected chi connectivity index (χ1v) is 11.2. The number of carbonyl (C=O) groups is 1. The molecule has 5 heterocycles. The van der Waals surface area contributed by atoms with Crippen molar-refractivity contribution in [3.63, 3.8) is 0 Å². The SMILES string of the molecule is O=C([C@@H]1CCCN1)N1CCC2(CCN(c3ncnc4sc(CC(F)(F)F)cc34)C2)C1. The molecule has 6 nitrogen and oxygen atoms in total. The number of likely N-dealkylation sites (tertiary alicyclic amines) is 1. The molecular weight excluding hydrogens is 415 g/mol. The fourth-order valence-electron chi connectivity index (χ4n) is 5.12. The van der Waals surface area contributed by atoms with Gasteiger partial charge in [-0.3, -0.25) is 4.79 Å². The molecule has 0 saturated carbocycles. The number of thiophene rings is 1. The molecule has 162 valence electrons. The summed E-state index contributed by atoms with van der Waals surface area (Å²) in [4.78, 5) is 26.4. The molecule has 0 aromatic carbocycles. The summed E-state index contributed by atoms with van der Waals surface area (Å²) in [7, 11) is 0. The molecule has 1 N–H and O–H groups in total. The van der Waals surface area contributed by atoms with Crippen LogP contribution in [0.3, 0.4) is 0 Å². The summed E-state index contributed by atoms with van der Waals surface area (Å²) in [6.45, 7) is 3.99. The van der Waals surface area contributed by atoms with Crippen molar-refractivity contribution in [3.05, 3.63) is 17.3 Å². The van der Waals surface area contributed by atoms with Crippen LogP contribution >= 0.6 is 11.3 Å². The van der Waals surface area contributed by atoms with Crippen LogP contribution < -0.4 is 10.2 Å². The van der Waals surface area contributed by atoms with Gasteiger partial charge in [-0.25, -0.2) is 9.97 Å². The summed E-state index contributed by atoms with van der Waals surface area (Å²) in [6, 6.07) is 1.54. The zero-order valence-electron chi connectivity index (χ0n) is 16.5. The Morgan fingerprint density at radius 3 is 2.87 bits per heavy atom. The van der Waals surface area contributed by atoms with E-state index in [2.05, 4.69) is 20.2 Å². The first-order chi connectivity index (χ1) is 14.3. The monoisotopic (exact) mass is 439 g/mol. The highest BCUT2D eigenvalue weighted by atomic mass is 32.1. The molecule has 3 aliphatic heterocycles. The zero-order valence-corrected chi connectivity index (χ0v) is 17.4. The largest absolute Gasteiger partial charge is 0.393 e. The topological polar surface area (TPSA) is 61.4 Å². The molecule has 1 unspecified atom stereocenters. The van der Waals surface area contributed by atoms with Gasteiger partial charge in [-0.15, -0.1) is 11.3 Å². The van der Waals surface area contributed by atoms with Crippen molar-refractivity contribution in [2.45, 2.75) is 44.3 Å². The van der Waals surface area contributed by atoms with Gasteiger partial charge in [-0.1, -0.05) is 0 Å². The van der Waals surface area contributed by atoms with Gasteiger partial charge in [0.15, 0.2) is 0 Å². The average Bonchev–Trinajstić information content (AvgIpc) is 3.47. The van der Waals surface area contributed by atoms with Gasteiger partial charge in [-0.2, -0.15) is 13.2 Å². The van der Waals surface area contributed by atoms with Crippen molar-refractivity contribution in [2.24, 2.45) is 5.41 Å². The van der Waals surface area contributed by atoms with Crippen molar-refractivity contribution >= 4 is 33.3 Å². The van der Waals surface area contributed by atoms with Crippen molar-refractivity contribution in [2.75, 3.05) is 37.6 Å². The van der Waals surface area contributed by atoms with E-state index in [1.807, 2.05) is 4.90 Å². The third kappa shape index (κ3) is 3.75. The van der Waals surface area contributed by atoms with E-state index in [0.29, 0.717) is 16.0 Å². The molecular formula is C20H24F3N5OS. The second-order valence-corrected chi connectivity index (χ2v) is 9.87. The molecule has 30 heavy (non-hydrogen) atoms. The van der Waals surface area contributed by atoms with Crippen molar-refractivity contribution in [1.82, 2.24) is 20.2 Å². The molecule has 0 aliphatic carbocycles. The summed E-state index contributed by atoms with van der Waals surface area (Å²) < 4.78 is 38.4. The van der Waals surface area contributed by atoms with Crippen LogP contribution in [-0.2, 0) is 11.2 Å². The summed E-state index contributed by atoms with van der Waals surface area (Å²) in [6.07, 6.45) is 0.130. The van der Waals surface area contributed by atoms with Crippen molar-refractivity contribution < 1.29 is 18.0 Å². The molecule has 0 bridgehead atoms. The molecule has 3 aliphatic rings. The minimum absolute atomic E-state index is 0.0381. The van der Waals surface area contributed by atoms with Gasteiger partial charge in [0.05, 0.1) is 17.8 Å². The van der Waals surface area contributed by atoms with Gasteiger partial charge in [0.2, 0.25) is 5.91 Å². The fraction of sp³-hybridized carbons (Fsp3) is 0.650. The maximum atomic E-state index is 12.8. The van der Waals surface area contributed by atoms with Crippen LogP contribution in [-0.4, -0.2) is 65.7 Å². The Balaban J connectivity index is 1.32. The van der Waals surface area contributed by atoms with E-state index < -0.39 is 12.6 Å². The highest BCUT2D eigenvalue weighted by Gasteiger charge is 2.46. The number of anilines is 1. The fourth-order valence-corrected chi connectivity index (χ4v) is 6.14. The highest BCUT2D eigenvalue weighted by molar-refractivity contribution is 7.18. The lowest BCUT2D eigenvalue weighted by Gasteiger charge is -2.26. The Kier molecular flexibility index (Phi) is 4.89. The third-order valence-corrected chi connectivity index (χ3v) is 7.62. The molecule has 3 fully saturated rings. The first-order valence-electron chi connectivity index (χ1n) is 10.4. The highest BCUT2D eigenvalue weighted by Crippen LogP contribution is 2.43. The predicted octanol–water partition coefficient (Wildman–Crippen LogP) is 2.98. The number of fused-ring (bicyclic) bond motifs is 1. The maximum Gasteiger partial charge on any atom is 0.393 e. The van der Waals surface area contributed by atoms with E-state index in [-0.39, 0.29) is 22.2 Å². The van der Waals surface area contributed by atoms with Gasteiger partial charge in [0, 0.05) is 36.5 Å². The molecule has 2 aromatic heterocycles. The summed E-state index contributed by atoms with van der Waals surface area (Å²) in [5.74, 6) is 0.922. The number of hydrogen-bond donors (Lipinski definition) is 1. The van der Waals surface area contributed by atoms with Gasteiger partial charge < -0.3 is 15.1 Å². The number of halogens is 3. The Bertz CT molecular complexity index is 958. The quantitative estimate of drug-likeness (QED) is 0.797. The predicted molar refractivity (Wildman–Crippen MR) is 109 cm³/mol. The Labute approximate surface area is 176 Å². The summed E-state index contributed by atoms with van der Waals surface area (Å²) in [5, 5.41) is 3.98. The standard InChI is InChI=1S/C20H24F3N5OS/c21-20(22,23)9-13-8-14-16(25-12-26-17(14)30-13)27-6-3-19(10-27)4-7-28(11-19)18(29)15-2-1-5-24-15/h8,12,15,24H,1-7,9-11H2/t15-,19?/m0/s1. The number of hydrogen-bond acceptors (Lipinski definition) is 6. The molecule has 1 amide bonds. The number of aromatic nitrogens is 2. The minimum atomic E-state index is -4.24. The third-order valence-electron chi connectivity index (χ3n) is 6.58. The van der Waals surface area contributed by atoms with Crippen molar-refractivity contribution in [1.29, 1.82) is 0 Å². The van der Waals surface area contributed by atoms with E-state index >= 15 is 0 Å². The van der Waals surface area contributed by atoms with Crippen LogP contribution in [0.4, 0.5) is 19.0 Å². The number of nitrogens with one attached hydrogen (secondary N) is 1. The van der Waals surface area contributed by atoms with Crippen LogP contribution in [0.15, 0.2) is 12.4 Å². The van der Waals surface area contributed by atoms with Crippen molar-refractivity contribution in [3.8, 4) is 0 Å². The zero-order chi connectivity index (χ0) is 20.9. The molecule has 2 atom stereocenters. The van der Waals surface area contributed by atoms with E-state index in [4.69, 9.17) is 0 Å². The van der Waals surface area contributed by atoms with E-state index in [1.165, 1.54) is 6.33 Å². The van der Waals surface area contributed by atoms with E-state index in [1.54, 1.807) is 6.07 Å². The Morgan fingerprint density at radius 2 is 2.10 bits per heavy atom. The second-order valence-electron chi connectivity index (χ2n) is 8.75. The number of amides is 1. The number of rotatable bonds is 3. The van der Waals surface area contributed by atoms with E-state index in [9.17, 15) is 18.0 Å². The van der Waals surface area contributed by atoms with Crippen LogP contribution in [0.1, 0.15) is 30.6 Å². The Morgan fingerprint density at radius 1 is 1.27 bits per heavy atom. The van der Waals surface area contributed by atoms with Crippen LogP contribution in [0.2, 0.25) is 0 Å². The lowest BCUT2D eigenvalue weighted by atomic mass is 9.86. The lowest BCUT2D eigenvalue weighted by molar-refractivity contribution is -0.132. The normalized spacial score (nSPS) is 27.1. The van der Waals surface area contributed by atoms with Gasteiger partial charge in [0.1, 0.15) is 17.0 Å². The average molecular weight is 440 g/mol. The van der Waals surface area contributed by atoms with E-state index in [0.717, 1.165) is 69.7 Å². The smallest absolute Gasteiger partial charge is 0.355 e. The molecule has 10 heteroatoms. The molecule has 0 radical (unpaired) electrons. The molecule has 3 saturated heterocycles. The maximum absolute atomic E-state index is 12.8. The summed E-state index contributed by atoms with van der Waals surface area (Å²) in [5.41, 5.74) is 0.0381. The Hall–Kier alpha value is -1.94. The van der Waals surface area contributed by atoms with Gasteiger partial charge >= 0.3 is 6.18 Å². The van der Waals surface area contributed by atoms with Crippen LogP contribution in [0.5, 0.6) is 0 Å². The van der Waals surface area contributed by atoms with Crippen LogP contribution in [0.25, 0.3) is 10.2 Å². The number of nitrogens with zero attached hydrogens (tertiary/aromatic N) is 4. The minimum Gasteiger partial charge on any atom is -0.355 e. The molecule has 5 rings (SSSR count). The second kappa shape index (κ2) is 7.33. The molecule has 2 aromatic rings. The molecule has 1 spiro atoms. The number of alkyl halides is 3. The lowest BCUT2D eigenvalue weighted by Crippen LogP contribution is -2.43.